The van der Waals surface area contributed by atoms with Crippen LogP contribution in [0.15, 0.2) is 48.5 Å². The van der Waals surface area contributed by atoms with Gasteiger partial charge < -0.3 is 14.8 Å². The summed E-state index contributed by atoms with van der Waals surface area (Å²) in [5.74, 6) is 1.52. The minimum atomic E-state index is -0.649. The molecule has 128 valence electrons. The van der Waals surface area contributed by atoms with Gasteiger partial charge in [-0.25, -0.2) is 0 Å². The third-order valence-corrected chi connectivity index (χ3v) is 3.96. The predicted molar refractivity (Wildman–Crippen MR) is 96.9 cm³/mol. The number of nitrogens with one attached hydrogen (secondary N) is 1. The maximum absolute atomic E-state index is 12.7. The van der Waals surface area contributed by atoms with Gasteiger partial charge >= 0.3 is 0 Å². The first-order valence-corrected chi connectivity index (χ1v) is 8.16. The topological polar surface area (TPSA) is 47.6 Å². The fourth-order valence-corrected chi connectivity index (χ4v) is 2.28. The molecule has 1 amide bonds. The minimum Gasteiger partial charge on any atom is -0.497 e. The summed E-state index contributed by atoms with van der Waals surface area (Å²) in [6.45, 7) is 6.57. The zero-order valence-electron chi connectivity index (χ0n) is 14.8. The number of ether oxygens (including phenoxy) is 2. The van der Waals surface area contributed by atoms with E-state index in [0.29, 0.717) is 6.61 Å². The molecule has 0 fully saturated rings. The van der Waals surface area contributed by atoms with Crippen molar-refractivity contribution >= 4 is 11.6 Å². The van der Waals surface area contributed by atoms with Crippen molar-refractivity contribution in [2.24, 2.45) is 0 Å². The van der Waals surface area contributed by atoms with Crippen molar-refractivity contribution in [1.29, 1.82) is 0 Å². The van der Waals surface area contributed by atoms with Crippen molar-refractivity contribution in [3.05, 3.63) is 54.1 Å². The van der Waals surface area contributed by atoms with Crippen LogP contribution in [0.4, 0.5) is 5.69 Å². The van der Waals surface area contributed by atoms with E-state index in [1.165, 1.54) is 0 Å². The molecule has 1 N–H and O–H groups in total. The Morgan fingerprint density at radius 3 is 2.12 bits per heavy atom. The van der Waals surface area contributed by atoms with E-state index in [2.05, 4.69) is 12.2 Å². The minimum absolute atomic E-state index is 0.0603. The van der Waals surface area contributed by atoms with E-state index >= 15 is 0 Å². The summed E-state index contributed by atoms with van der Waals surface area (Å²) in [4.78, 5) is 12.7. The van der Waals surface area contributed by atoms with E-state index in [9.17, 15) is 4.79 Å². The van der Waals surface area contributed by atoms with Gasteiger partial charge in [0, 0.05) is 5.69 Å². The Balaban J connectivity index is 2.06. The monoisotopic (exact) mass is 327 g/mol. The molecule has 0 aliphatic carbocycles. The first-order valence-electron chi connectivity index (χ1n) is 8.16. The summed E-state index contributed by atoms with van der Waals surface area (Å²) < 4.78 is 10.7. The third-order valence-electron chi connectivity index (χ3n) is 3.96. The average molecular weight is 327 g/mol. The summed E-state index contributed by atoms with van der Waals surface area (Å²) in [7, 11) is 1.63. The van der Waals surface area contributed by atoms with Gasteiger partial charge in [-0.3, -0.25) is 4.79 Å². The van der Waals surface area contributed by atoms with Gasteiger partial charge in [0.15, 0.2) is 0 Å². The van der Waals surface area contributed by atoms with Crippen LogP contribution in [0.2, 0.25) is 0 Å². The highest BCUT2D eigenvalue weighted by molar-refractivity contribution is 5.98. The lowest BCUT2D eigenvalue weighted by Gasteiger charge is -2.24. The molecule has 0 aliphatic rings. The van der Waals surface area contributed by atoms with Gasteiger partial charge in [0.1, 0.15) is 11.5 Å². The van der Waals surface area contributed by atoms with Crippen LogP contribution in [-0.2, 0) is 10.2 Å². The lowest BCUT2D eigenvalue weighted by atomic mass is 9.83. The number of benzene rings is 2. The van der Waals surface area contributed by atoms with Crippen LogP contribution in [0, 0.1) is 0 Å². The van der Waals surface area contributed by atoms with Crippen LogP contribution >= 0.6 is 0 Å². The van der Waals surface area contributed by atoms with Gasteiger partial charge in [-0.1, -0.05) is 19.1 Å². The molecule has 0 spiro atoms. The molecule has 2 aromatic rings. The number of anilines is 1. The highest BCUT2D eigenvalue weighted by Gasteiger charge is 2.29. The molecule has 0 bridgehead atoms. The van der Waals surface area contributed by atoms with Gasteiger partial charge in [0.25, 0.3) is 0 Å². The van der Waals surface area contributed by atoms with Gasteiger partial charge in [0.2, 0.25) is 5.91 Å². The lowest BCUT2D eigenvalue weighted by molar-refractivity contribution is -0.120. The normalized spacial score (nSPS) is 11.0. The largest absolute Gasteiger partial charge is 0.497 e. The Labute approximate surface area is 143 Å². The Hall–Kier alpha value is -2.49. The van der Waals surface area contributed by atoms with Crippen LogP contribution in [-0.4, -0.2) is 19.6 Å². The molecule has 24 heavy (non-hydrogen) atoms. The molecule has 4 heteroatoms. The molecule has 2 rings (SSSR count). The standard InChI is InChI=1S/C20H25NO3/c1-5-14-24-18-12-8-16(9-13-18)21-19(22)20(2,3)15-6-10-17(23-4)11-7-15/h6-13H,5,14H2,1-4H3,(H,21,22). The molecule has 0 radical (unpaired) electrons. The summed E-state index contributed by atoms with van der Waals surface area (Å²) in [5, 5.41) is 2.97. The van der Waals surface area contributed by atoms with Crippen molar-refractivity contribution in [3.63, 3.8) is 0 Å². The Bertz CT molecular complexity index is 660. The van der Waals surface area contributed by atoms with E-state index in [-0.39, 0.29) is 5.91 Å². The second kappa shape index (κ2) is 7.86. The van der Waals surface area contributed by atoms with E-state index < -0.39 is 5.41 Å². The maximum atomic E-state index is 12.7. The molecule has 0 aromatic heterocycles. The first-order chi connectivity index (χ1) is 11.5. The van der Waals surface area contributed by atoms with Crippen LogP contribution < -0.4 is 14.8 Å². The molecule has 0 saturated heterocycles. The lowest BCUT2D eigenvalue weighted by Crippen LogP contribution is -2.34. The molecule has 0 aliphatic heterocycles. The van der Waals surface area contributed by atoms with E-state index in [1.54, 1.807) is 7.11 Å². The molecule has 0 unspecified atom stereocenters. The van der Waals surface area contributed by atoms with Gasteiger partial charge in [-0.2, -0.15) is 0 Å². The Kier molecular flexibility index (Phi) is 5.85. The quantitative estimate of drug-likeness (QED) is 0.820. The fourth-order valence-electron chi connectivity index (χ4n) is 2.28. The number of rotatable bonds is 7. The van der Waals surface area contributed by atoms with Crippen LogP contribution in [0.3, 0.4) is 0 Å². The van der Waals surface area contributed by atoms with E-state index in [1.807, 2.05) is 62.4 Å². The number of carbonyl (C=O) groups excluding carboxylic acids is 1. The molecule has 0 heterocycles. The average Bonchev–Trinajstić information content (AvgIpc) is 2.61. The second-order valence-electron chi connectivity index (χ2n) is 6.18. The molecular weight excluding hydrogens is 302 g/mol. The highest BCUT2D eigenvalue weighted by atomic mass is 16.5. The van der Waals surface area contributed by atoms with Crippen molar-refractivity contribution < 1.29 is 14.3 Å². The SMILES string of the molecule is CCCOc1ccc(NC(=O)C(C)(C)c2ccc(OC)cc2)cc1. The van der Waals surface area contributed by atoms with Crippen LogP contribution in [0.5, 0.6) is 11.5 Å². The Morgan fingerprint density at radius 2 is 1.58 bits per heavy atom. The number of methoxy groups -OCH3 is 1. The number of hydrogen-bond acceptors (Lipinski definition) is 3. The highest BCUT2D eigenvalue weighted by Crippen LogP contribution is 2.27. The van der Waals surface area contributed by atoms with Crippen molar-refractivity contribution in [2.75, 3.05) is 19.0 Å². The van der Waals surface area contributed by atoms with Crippen molar-refractivity contribution in [1.82, 2.24) is 0 Å². The van der Waals surface area contributed by atoms with E-state index in [0.717, 1.165) is 29.2 Å². The zero-order chi connectivity index (χ0) is 17.6. The predicted octanol–water partition coefficient (Wildman–Crippen LogP) is 4.40. The Morgan fingerprint density at radius 1 is 1.00 bits per heavy atom. The van der Waals surface area contributed by atoms with Crippen LogP contribution in [0.25, 0.3) is 0 Å². The third kappa shape index (κ3) is 4.28. The number of hydrogen-bond donors (Lipinski definition) is 1. The fraction of sp³-hybridized carbons (Fsp3) is 0.350. The van der Waals surface area contributed by atoms with Gasteiger partial charge in [-0.05, 0) is 62.2 Å². The van der Waals surface area contributed by atoms with Crippen LogP contribution in [0.1, 0.15) is 32.8 Å². The maximum Gasteiger partial charge on any atom is 0.234 e. The summed E-state index contributed by atoms with van der Waals surface area (Å²) in [6, 6.07) is 15.0. The summed E-state index contributed by atoms with van der Waals surface area (Å²) >= 11 is 0. The molecule has 0 atom stereocenters. The zero-order valence-corrected chi connectivity index (χ0v) is 14.8. The summed E-state index contributed by atoms with van der Waals surface area (Å²) in [6.07, 6.45) is 0.967. The number of amides is 1. The molecular formula is C20H25NO3. The molecule has 2 aromatic carbocycles. The van der Waals surface area contributed by atoms with Crippen molar-refractivity contribution in [2.45, 2.75) is 32.6 Å². The first kappa shape index (κ1) is 17.9. The summed E-state index contributed by atoms with van der Waals surface area (Å²) in [5.41, 5.74) is 1.04. The smallest absolute Gasteiger partial charge is 0.234 e. The molecule has 0 saturated carbocycles. The second-order valence-corrected chi connectivity index (χ2v) is 6.18. The van der Waals surface area contributed by atoms with E-state index in [4.69, 9.17) is 9.47 Å². The number of carbonyl (C=O) groups is 1. The van der Waals surface area contributed by atoms with Gasteiger partial charge in [0.05, 0.1) is 19.1 Å². The van der Waals surface area contributed by atoms with Gasteiger partial charge in [-0.15, -0.1) is 0 Å². The molecule has 4 nitrogen and oxygen atoms in total. The van der Waals surface area contributed by atoms with Crippen molar-refractivity contribution in [3.8, 4) is 11.5 Å².